The van der Waals surface area contributed by atoms with Crippen molar-refractivity contribution in [2.24, 2.45) is 0 Å². The van der Waals surface area contributed by atoms with Gasteiger partial charge in [0.25, 0.3) is 0 Å². The maximum absolute atomic E-state index is 12.2. The molecule has 0 radical (unpaired) electrons. The lowest BCUT2D eigenvalue weighted by molar-refractivity contribution is -0.408. The van der Waals surface area contributed by atoms with Gasteiger partial charge in [-0.15, -0.1) is 0 Å². The number of carboxylic acid groups (broad SMARTS) is 1. The highest BCUT2D eigenvalue weighted by atomic mass is 16.8. The third kappa shape index (κ3) is 11.6. The quantitative estimate of drug-likeness (QED) is 0.0724. The number of aliphatic carboxylic acids is 1. The molecule has 1 amide bonds. The molecular formula is C38H63NO30. The van der Waals surface area contributed by atoms with Gasteiger partial charge in [0.15, 0.2) is 43.8 Å². The average Bonchev–Trinajstić information content (AvgIpc) is 3.30. The zero-order valence-corrected chi connectivity index (χ0v) is 36.9. The maximum Gasteiger partial charge on any atom is 0.335 e. The van der Waals surface area contributed by atoms with Crippen molar-refractivity contribution in [3.8, 4) is 0 Å². The highest BCUT2D eigenvalue weighted by molar-refractivity contribution is 5.73. The standard InChI is InChI=1S/C38H63NO30/c1-7-14(44)19(49)23(53)34(59-7)68-30-22(52)21(51)29(32(56)57)67-37(30)65-27-17(47)11(5-41)62-36(25(27)55)66-28-18(48)12(6-42)63-38(31(28)69-35-24(54)20(50)15(45)8(2)60-35)64-26-13(39-9(3)43)33(58)61-10(4-40)16(26)46/h7-8,10-31,33-38,40-42,44-55,58H,4-6H2,1-3H3,(H,39,43)(H,56,57)/t7-,8-,10+,11+,12+,13+,14+,15+,16-,17-,18-,19+,20+,21-,22-,23-,24-,25+,26+,27-,28-,29-,30+,31+,33?,34-,35-,36-,37+,38-/m0/s1. The second kappa shape index (κ2) is 23.4. The molecule has 6 heterocycles. The SMILES string of the molecule is CC(=O)N[C@H]1C(O)O[C@H](CO)[C@H](O)[C@@H]1O[C@@H]1O[C@H](CO)[C@H](O)[C@H](O[C@@H]2O[C@H](CO)[C@H](O)[C@H](O[C@@H]3O[C@H](C(=O)O)[C@@H](O)[C@H](O)[C@H]3O[C@@H]3O[C@@H](C)[C@@H](O)[C@@H](O)[C@@H]3O)[C@H]2O)[C@H]1O[C@@H]1O[C@@H](C)[C@@H](O)[C@@H](O)[C@@H]1O. The summed E-state index contributed by atoms with van der Waals surface area (Å²) in [5.41, 5.74) is 0. The molecule has 30 atom stereocenters. The smallest absolute Gasteiger partial charge is 0.335 e. The summed E-state index contributed by atoms with van der Waals surface area (Å²) in [5, 5.41) is 185. The van der Waals surface area contributed by atoms with Gasteiger partial charge in [0, 0.05) is 6.92 Å². The molecule has 6 aliphatic rings. The van der Waals surface area contributed by atoms with Crippen LogP contribution in [-0.2, 0) is 61.7 Å². The summed E-state index contributed by atoms with van der Waals surface area (Å²) in [4.78, 5) is 24.4. The van der Waals surface area contributed by atoms with Crippen LogP contribution in [0.3, 0.4) is 0 Å². The monoisotopic (exact) mass is 1010 g/mol. The molecule has 6 aliphatic heterocycles. The van der Waals surface area contributed by atoms with E-state index in [0.29, 0.717) is 0 Å². The van der Waals surface area contributed by atoms with Crippen LogP contribution in [0.5, 0.6) is 0 Å². The molecule has 6 rings (SSSR count). The number of carboxylic acids is 1. The number of amides is 1. The van der Waals surface area contributed by atoms with E-state index in [1.165, 1.54) is 13.8 Å². The number of ether oxygens (including phenoxy) is 11. The summed E-state index contributed by atoms with van der Waals surface area (Å²) in [6.07, 6.45) is -57.5. The van der Waals surface area contributed by atoms with E-state index < -0.39 is 216 Å². The van der Waals surface area contributed by atoms with Crippen LogP contribution >= 0.6 is 0 Å². The Morgan fingerprint density at radius 2 is 0.826 bits per heavy atom. The van der Waals surface area contributed by atoms with E-state index in [2.05, 4.69) is 5.32 Å². The van der Waals surface area contributed by atoms with Gasteiger partial charge in [0.05, 0.1) is 32.0 Å². The van der Waals surface area contributed by atoms with Crippen LogP contribution in [0.15, 0.2) is 0 Å². The van der Waals surface area contributed by atoms with Gasteiger partial charge in [-0.25, -0.2) is 4.79 Å². The summed E-state index contributed by atoms with van der Waals surface area (Å²) >= 11 is 0. The van der Waals surface area contributed by atoms with Gasteiger partial charge in [-0.2, -0.15) is 0 Å². The molecule has 0 saturated carbocycles. The topological polar surface area (TPSA) is 492 Å². The first-order chi connectivity index (χ1) is 32.4. The number of carbonyl (C=O) groups excluding carboxylic acids is 1. The summed E-state index contributed by atoms with van der Waals surface area (Å²) < 4.78 is 62.8. The molecule has 0 aromatic rings. The molecule has 0 spiro atoms. The molecule has 31 heteroatoms. The van der Waals surface area contributed by atoms with Gasteiger partial charge in [-0.05, 0) is 13.8 Å². The van der Waals surface area contributed by atoms with Gasteiger partial charge in [0.2, 0.25) is 5.91 Å². The molecule has 0 aromatic heterocycles. The van der Waals surface area contributed by atoms with E-state index >= 15 is 0 Å². The van der Waals surface area contributed by atoms with Crippen molar-refractivity contribution in [2.75, 3.05) is 19.8 Å². The van der Waals surface area contributed by atoms with Crippen LogP contribution in [0.1, 0.15) is 20.8 Å². The van der Waals surface area contributed by atoms with E-state index in [9.17, 15) is 96.4 Å². The first kappa shape index (κ1) is 56.2. The third-order valence-corrected chi connectivity index (χ3v) is 12.7. The summed E-state index contributed by atoms with van der Waals surface area (Å²) in [5.74, 6) is -2.66. The van der Waals surface area contributed by atoms with E-state index in [1.54, 1.807) is 0 Å². The normalized spacial score (nSPS) is 52.0. The fraction of sp³-hybridized carbons (Fsp3) is 0.947. The third-order valence-electron chi connectivity index (χ3n) is 12.7. The van der Waals surface area contributed by atoms with Gasteiger partial charge < -0.3 is 144 Å². The van der Waals surface area contributed by atoms with E-state index in [-0.39, 0.29) is 0 Å². The zero-order valence-electron chi connectivity index (χ0n) is 36.9. The van der Waals surface area contributed by atoms with Gasteiger partial charge in [0.1, 0.15) is 128 Å². The molecule has 6 fully saturated rings. The first-order valence-corrected chi connectivity index (χ1v) is 21.8. The van der Waals surface area contributed by atoms with Crippen molar-refractivity contribution >= 4 is 11.9 Å². The van der Waals surface area contributed by atoms with Crippen molar-refractivity contribution < 1.29 is 149 Å². The molecule has 18 N–H and O–H groups in total. The molecule has 31 nitrogen and oxygen atoms in total. The fourth-order valence-electron chi connectivity index (χ4n) is 8.73. The molecule has 6 saturated heterocycles. The van der Waals surface area contributed by atoms with E-state index in [0.717, 1.165) is 6.92 Å². The second-order valence-electron chi connectivity index (χ2n) is 17.5. The number of hydrogen-bond donors (Lipinski definition) is 18. The zero-order chi connectivity index (χ0) is 51.1. The highest BCUT2D eigenvalue weighted by Crippen LogP contribution is 2.38. The summed E-state index contributed by atoms with van der Waals surface area (Å²) in [6, 6.07) is -1.66. The van der Waals surface area contributed by atoms with Crippen molar-refractivity contribution in [1.29, 1.82) is 0 Å². The minimum Gasteiger partial charge on any atom is -0.479 e. The summed E-state index contributed by atoms with van der Waals surface area (Å²) in [6.45, 7) is 0.467. The van der Waals surface area contributed by atoms with Gasteiger partial charge >= 0.3 is 5.97 Å². The Bertz CT molecular complexity index is 1670. The maximum atomic E-state index is 12.2. The Labute approximate surface area is 390 Å². The highest BCUT2D eigenvalue weighted by Gasteiger charge is 2.59. The second-order valence-corrected chi connectivity index (χ2v) is 17.5. The molecule has 1 unspecified atom stereocenters. The summed E-state index contributed by atoms with van der Waals surface area (Å²) in [7, 11) is 0. The predicted octanol–water partition coefficient (Wildman–Crippen LogP) is -11.8. The minimum absolute atomic E-state index is 0.789. The number of carbonyl (C=O) groups is 2. The number of hydrogen-bond acceptors (Lipinski definition) is 29. The van der Waals surface area contributed by atoms with Gasteiger partial charge in [-0.3, -0.25) is 4.79 Å². The van der Waals surface area contributed by atoms with E-state index in [4.69, 9.17) is 52.1 Å². The number of rotatable bonds is 15. The first-order valence-electron chi connectivity index (χ1n) is 21.8. The van der Waals surface area contributed by atoms with Crippen LogP contribution in [0, 0.1) is 0 Å². The Balaban J connectivity index is 1.35. The van der Waals surface area contributed by atoms with Crippen LogP contribution in [0.2, 0.25) is 0 Å². The Morgan fingerprint density at radius 1 is 0.420 bits per heavy atom. The van der Waals surface area contributed by atoms with Crippen molar-refractivity contribution in [1.82, 2.24) is 5.32 Å². The Hall–Kier alpha value is -2.14. The van der Waals surface area contributed by atoms with Crippen molar-refractivity contribution in [2.45, 2.75) is 205 Å². The molecule has 0 aliphatic carbocycles. The van der Waals surface area contributed by atoms with Crippen LogP contribution in [0.4, 0.5) is 0 Å². The van der Waals surface area contributed by atoms with Crippen LogP contribution in [0.25, 0.3) is 0 Å². The Morgan fingerprint density at radius 3 is 1.33 bits per heavy atom. The minimum atomic E-state index is -2.38. The Kier molecular flexibility index (Phi) is 19.0. The number of aliphatic hydroxyl groups excluding tert-OH is 16. The number of aliphatic hydroxyl groups is 16. The lowest BCUT2D eigenvalue weighted by Gasteiger charge is -2.51. The van der Waals surface area contributed by atoms with Crippen LogP contribution in [-0.4, -0.2) is 303 Å². The lowest BCUT2D eigenvalue weighted by Crippen LogP contribution is -2.70. The van der Waals surface area contributed by atoms with Crippen LogP contribution < -0.4 is 5.32 Å². The van der Waals surface area contributed by atoms with Gasteiger partial charge in [-0.1, -0.05) is 0 Å². The molecule has 69 heavy (non-hydrogen) atoms. The fourth-order valence-corrected chi connectivity index (χ4v) is 8.73. The predicted molar refractivity (Wildman–Crippen MR) is 208 cm³/mol. The van der Waals surface area contributed by atoms with Crippen molar-refractivity contribution in [3.05, 3.63) is 0 Å². The largest absolute Gasteiger partial charge is 0.479 e. The van der Waals surface area contributed by atoms with E-state index in [1.807, 2.05) is 0 Å². The molecule has 0 bridgehead atoms. The lowest BCUT2D eigenvalue weighted by atomic mass is 9.94. The molecular weight excluding hydrogens is 950 g/mol. The molecule has 0 aromatic carbocycles. The van der Waals surface area contributed by atoms with Crippen molar-refractivity contribution in [3.63, 3.8) is 0 Å². The molecule has 400 valence electrons. The average molecular weight is 1010 g/mol. The number of nitrogens with one attached hydrogen (secondary N) is 1.